The van der Waals surface area contributed by atoms with Gasteiger partial charge in [-0.3, -0.25) is 4.90 Å². The van der Waals surface area contributed by atoms with Crippen molar-refractivity contribution in [3.8, 4) is 5.75 Å². The highest BCUT2D eigenvalue weighted by atomic mass is 79.9. The molecular weight excluding hydrogens is 304 g/mol. The Morgan fingerprint density at radius 3 is 2.95 bits per heavy atom. The Balaban J connectivity index is 2.30. The zero-order chi connectivity index (χ0) is 13.8. The molecule has 1 aliphatic heterocycles. The normalized spacial score (nSPS) is 21.6. The standard InChI is InChI=1S/C15H23BrN2O/c1-3-11-5-4-8-18(11)15(10-17)13-9-12(19-2)6-7-14(13)16/h6-7,9,11,15H,3-5,8,10,17H2,1-2H3. The first-order chi connectivity index (χ1) is 9.21. The van der Waals surface area contributed by atoms with Crippen molar-refractivity contribution in [3.63, 3.8) is 0 Å². The quantitative estimate of drug-likeness (QED) is 0.901. The second kappa shape index (κ2) is 6.73. The number of rotatable bonds is 5. The minimum Gasteiger partial charge on any atom is -0.497 e. The van der Waals surface area contributed by atoms with Crippen LogP contribution in [0.5, 0.6) is 5.75 Å². The molecule has 0 amide bonds. The summed E-state index contributed by atoms with van der Waals surface area (Å²) in [6, 6.07) is 7.06. The van der Waals surface area contributed by atoms with Crippen LogP contribution in [0.15, 0.2) is 22.7 Å². The summed E-state index contributed by atoms with van der Waals surface area (Å²) in [6.07, 6.45) is 3.75. The first-order valence-electron chi connectivity index (χ1n) is 7.00. The van der Waals surface area contributed by atoms with Gasteiger partial charge in [-0.1, -0.05) is 22.9 Å². The molecule has 0 saturated carbocycles. The molecule has 1 heterocycles. The minimum absolute atomic E-state index is 0.275. The number of likely N-dealkylation sites (tertiary alicyclic amines) is 1. The summed E-state index contributed by atoms with van der Waals surface area (Å²) in [5, 5.41) is 0. The molecule has 0 aliphatic carbocycles. The van der Waals surface area contributed by atoms with E-state index in [1.807, 2.05) is 12.1 Å². The predicted molar refractivity (Wildman–Crippen MR) is 82.5 cm³/mol. The van der Waals surface area contributed by atoms with Crippen molar-refractivity contribution in [3.05, 3.63) is 28.2 Å². The number of hydrogen-bond donors (Lipinski definition) is 1. The van der Waals surface area contributed by atoms with E-state index >= 15 is 0 Å². The van der Waals surface area contributed by atoms with Gasteiger partial charge in [-0.05, 0) is 49.6 Å². The van der Waals surface area contributed by atoms with Crippen LogP contribution >= 0.6 is 15.9 Å². The minimum atomic E-state index is 0.275. The van der Waals surface area contributed by atoms with Crippen LogP contribution in [0, 0.1) is 0 Å². The molecule has 0 spiro atoms. The molecule has 1 fully saturated rings. The number of ether oxygens (including phenoxy) is 1. The number of halogens is 1. The Morgan fingerprint density at radius 2 is 2.32 bits per heavy atom. The monoisotopic (exact) mass is 326 g/mol. The summed E-state index contributed by atoms with van der Waals surface area (Å²) < 4.78 is 6.46. The molecule has 1 aromatic rings. The van der Waals surface area contributed by atoms with Gasteiger partial charge in [0.05, 0.1) is 7.11 Å². The highest BCUT2D eigenvalue weighted by molar-refractivity contribution is 9.10. The highest BCUT2D eigenvalue weighted by Gasteiger charge is 2.30. The van der Waals surface area contributed by atoms with Crippen molar-refractivity contribution in [2.45, 2.75) is 38.3 Å². The van der Waals surface area contributed by atoms with Crippen LogP contribution in [-0.2, 0) is 0 Å². The molecule has 2 N–H and O–H groups in total. The van der Waals surface area contributed by atoms with Crippen LogP contribution in [0.2, 0.25) is 0 Å². The van der Waals surface area contributed by atoms with Crippen LogP contribution < -0.4 is 10.5 Å². The van der Waals surface area contributed by atoms with Gasteiger partial charge < -0.3 is 10.5 Å². The summed E-state index contributed by atoms with van der Waals surface area (Å²) in [4.78, 5) is 2.56. The topological polar surface area (TPSA) is 38.5 Å². The maximum Gasteiger partial charge on any atom is 0.119 e. The molecular formula is C15H23BrN2O. The summed E-state index contributed by atoms with van der Waals surface area (Å²) >= 11 is 3.65. The van der Waals surface area contributed by atoms with Crippen molar-refractivity contribution in [1.29, 1.82) is 0 Å². The van der Waals surface area contributed by atoms with Crippen LogP contribution in [0.4, 0.5) is 0 Å². The van der Waals surface area contributed by atoms with Crippen LogP contribution in [0.1, 0.15) is 37.8 Å². The molecule has 2 rings (SSSR count). The first kappa shape index (κ1) is 14.8. The Bertz CT molecular complexity index is 425. The lowest BCUT2D eigenvalue weighted by molar-refractivity contribution is 0.179. The molecule has 4 heteroatoms. The molecule has 19 heavy (non-hydrogen) atoms. The molecule has 0 aromatic heterocycles. The smallest absolute Gasteiger partial charge is 0.119 e. The number of nitrogens with two attached hydrogens (primary N) is 1. The Hall–Kier alpha value is -0.580. The third-order valence-electron chi connectivity index (χ3n) is 4.08. The van der Waals surface area contributed by atoms with Gasteiger partial charge in [0.25, 0.3) is 0 Å². The van der Waals surface area contributed by atoms with Gasteiger partial charge in [-0.15, -0.1) is 0 Å². The summed E-state index contributed by atoms with van der Waals surface area (Å²) in [5.41, 5.74) is 7.30. The SMILES string of the molecule is CCC1CCCN1C(CN)c1cc(OC)ccc1Br. The molecule has 0 radical (unpaired) electrons. The molecule has 2 unspecified atom stereocenters. The van der Waals surface area contributed by atoms with E-state index in [0.29, 0.717) is 12.6 Å². The fourth-order valence-corrected chi connectivity index (χ4v) is 3.56. The third-order valence-corrected chi connectivity index (χ3v) is 4.80. The maximum atomic E-state index is 6.06. The van der Waals surface area contributed by atoms with E-state index in [1.54, 1.807) is 7.11 Å². The maximum absolute atomic E-state index is 6.06. The average molecular weight is 327 g/mol. The highest BCUT2D eigenvalue weighted by Crippen LogP contribution is 2.35. The lowest BCUT2D eigenvalue weighted by atomic mass is 10.0. The number of benzene rings is 1. The van der Waals surface area contributed by atoms with Crippen LogP contribution in [0.3, 0.4) is 0 Å². The van der Waals surface area contributed by atoms with E-state index in [9.17, 15) is 0 Å². The summed E-state index contributed by atoms with van der Waals surface area (Å²) in [6.45, 7) is 4.05. The van der Waals surface area contributed by atoms with E-state index in [2.05, 4.69) is 33.8 Å². The second-order valence-corrected chi connectivity index (χ2v) is 5.94. The van der Waals surface area contributed by atoms with Crippen molar-refractivity contribution < 1.29 is 4.74 Å². The zero-order valence-electron chi connectivity index (χ0n) is 11.7. The summed E-state index contributed by atoms with van der Waals surface area (Å²) in [7, 11) is 1.70. The van der Waals surface area contributed by atoms with Gasteiger partial charge in [-0.25, -0.2) is 0 Å². The van der Waals surface area contributed by atoms with E-state index in [-0.39, 0.29) is 6.04 Å². The molecule has 0 bridgehead atoms. The van der Waals surface area contributed by atoms with Gasteiger partial charge in [0.1, 0.15) is 5.75 Å². The van der Waals surface area contributed by atoms with E-state index in [1.165, 1.54) is 24.8 Å². The van der Waals surface area contributed by atoms with Gasteiger partial charge in [0.2, 0.25) is 0 Å². The largest absolute Gasteiger partial charge is 0.497 e. The molecule has 1 saturated heterocycles. The molecule has 3 nitrogen and oxygen atoms in total. The average Bonchev–Trinajstić information content (AvgIpc) is 2.90. The van der Waals surface area contributed by atoms with Gasteiger partial charge >= 0.3 is 0 Å². The van der Waals surface area contributed by atoms with Crippen molar-refractivity contribution in [2.24, 2.45) is 5.73 Å². The van der Waals surface area contributed by atoms with E-state index in [0.717, 1.165) is 16.8 Å². The van der Waals surface area contributed by atoms with Crippen molar-refractivity contribution in [2.75, 3.05) is 20.2 Å². The predicted octanol–water partition coefficient (Wildman–Crippen LogP) is 3.33. The lowest BCUT2D eigenvalue weighted by Crippen LogP contribution is -2.37. The van der Waals surface area contributed by atoms with E-state index < -0.39 is 0 Å². The molecule has 106 valence electrons. The Morgan fingerprint density at radius 1 is 1.53 bits per heavy atom. The Kier molecular flexibility index (Phi) is 5.25. The van der Waals surface area contributed by atoms with Crippen molar-refractivity contribution >= 4 is 15.9 Å². The van der Waals surface area contributed by atoms with Gasteiger partial charge in [0.15, 0.2) is 0 Å². The number of nitrogens with zero attached hydrogens (tertiary/aromatic N) is 1. The molecule has 1 aliphatic rings. The zero-order valence-corrected chi connectivity index (χ0v) is 13.3. The summed E-state index contributed by atoms with van der Waals surface area (Å²) in [5.74, 6) is 0.892. The third kappa shape index (κ3) is 3.12. The first-order valence-corrected chi connectivity index (χ1v) is 7.79. The Labute approximate surface area is 124 Å². The van der Waals surface area contributed by atoms with Crippen LogP contribution in [-0.4, -0.2) is 31.1 Å². The number of hydrogen-bond acceptors (Lipinski definition) is 3. The van der Waals surface area contributed by atoms with Crippen LogP contribution in [0.25, 0.3) is 0 Å². The second-order valence-electron chi connectivity index (χ2n) is 5.08. The van der Waals surface area contributed by atoms with Crippen molar-refractivity contribution in [1.82, 2.24) is 4.90 Å². The van der Waals surface area contributed by atoms with Gasteiger partial charge in [-0.2, -0.15) is 0 Å². The fraction of sp³-hybridized carbons (Fsp3) is 0.600. The lowest BCUT2D eigenvalue weighted by Gasteiger charge is -2.33. The number of methoxy groups -OCH3 is 1. The fourth-order valence-electron chi connectivity index (χ4n) is 3.05. The van der Waals surface area contributed by atoms with Gasteiger partial charge in [0, 0.05) is 23.1 Å². The molecule has 2 atom stereocenters. The molecule has 1 aromatic carbocycles. The van der Waals surface area contributed by atoms with E-state index in [4.69, 9.17) is 10.5 Å².